The Labute approximate surface area is 169 Å². The Morgan fingerprint density at radius 3 is 2.70 bits per heavy atom. The molecule has 0 aliphatic rings. The van der Waals surface area contributed by atoms with E-state index in [-0.39, 0.29) is 6.04 Å². The second kappa shape index (κ2) is 7.61. The molecule has 0 unspecified atom stereocenters. The Morgan fingerprint density at radius 2 is 1.96 bits per heavy atom. The van der Waals surface area contributed by atoms with Crippen molar-refractivity contribution >= 4 is 38.2 Å². The van der Waals surface area contributed by atoms with E-state index in [9.17, 15) is 0 Å². The number of rotatable bonds is 6. The number of halogens is 1. The topological polar surface area (TPSA) is 73.5 Å². The lowest BCUT2D eigenvalue weighted by atomic mass is 10.2. The molecular weight excluding hydrogens is 426 g/mol. The van der Waals surface area contributed by atoms with Crippen molar-refractivity contribution < 1.29 is 0 Å². The van der Waals surface area contributed by atoms with Crippen LogP contribution in [0.5, 0.6) is 0 Å². The summed E-state index contributed by atoms with van der Waals surface area (Å²) in [4.78, 5) is 0. The predicted octanol–water partition coefficient (Wildman–Crippen LogP) is 4.40. The van der Waals surface area contributed by atoms with Crippen LogP contribution in [0.4, 0.5) is 10.9 Å². The molecule has 1 N–H and O–H groups in total. The van der Waals surface area contributed by atoms with Gasteiger partial charge in [-0.05, 0) is 35.3 Å². The van der Waals surface area contributed by atoms with Gasteiger partial charge in [-0.15, -0.1) is 10.2 Å². The van der Waals surface area contributed by atoms with Gasteiger partial charge in [-0.25, -0.2) is 0 Å². The number of hydrogen-bond acceptors (Lipinski definition) is 6. The first-order valence-corrected chi connectivity index (χ1v) is 10.1. The zero-order valence-electron chi connectivity index (χ0n) is 14.9. The largest absolute Gasteiger partial charge is 0.313 e. The number of nitrogens with one attached hydrogen (secondary N) is 1. The fourth-order valence-electron chi connectivity index (χ4n) is 2.62. The monoisotopic (exact) mass is 443 g/mol. The first-order chi connectivity index (χ1) is 13.1. The molecule has 0 aliphatic heterocycles. The number of aromatic nitrogens is 6. The van der Waals surface area contributed by atoms with Crippen molar-refractivity contribution in [3.8, 4) is 0 Å². The van der Waals surface area contributed by atoms with E-state index in [2.05, 4.69) is 60.7 Å². The van der Waals surface area contributed by atoms with Crippen LogP contribution < -0.4 is 5.32 Å². The number of nitrogens with zero attached hydrogens (tertiary/aromatic N) is 6. The molecule has 0 radical (unpaired) electrons. The molecule has 4 aromatic rings. The molecule has 0 fully saturated rings. The zero-order chi connectivity index (χ0) is 18.8. The van der Waals surface area contributed by atoms with Crippen molar-refractivity contribution in [1.82, 2.24) is 29.8 Å². The second-order valence-electron chi connectivity index (χ2n) is 6.17. The summed E-state index contributed by atoms with van der Waals surface area (Å²) in [6.45, 7) is 4.75. The van der Waals surface area contributed by atoms with Gasteiger partial charge in [0.25, 0.3) is 0 Å². The molecule has 7 nitrogen and oxygen atoms in total. The highest BCUT2D eigenvalue weighted by Crippen LogP contribution is 2.27. The van der Waals surface area contributed by atoms with Gasteiger partial charge in [-0.1, -0.05) is 41.7 Å². The average molecular weight is 444 g/mol. The molecule has 1 aromatic carbocycles. The van der Waals surface area contributed by atoms with Crippen LogP contribution in [0.1, 0.15) is 29.2 Å². The van der Waals surface area contributed by atoms with Gasteiger partial charge in [0.15, 0.2) is 5.82 Å². The lowest BCUT2D eigenvalue weighted by Gasteiger charge is -2.07. The van der Waals surface area contributed by atoms with Gasteiger partial charge in [0.2, 0.25) is 5.13 Å². The molecule has 138 valence electrons. The number of aryl methyl sites for hydroxylation is 1. The van der Waals surface area contributed by atoms with Crippen molar-refractivity contribution in [3.05, 3.63) is 69.5 Å². The van der Waals surface area contributed by atoms with Crippen molar-refractivity contribution in [2.45, 2.75) is 26.4 Å². The predicted molar refractivity (Wildman–Crippen MR) is 109 cm³/mol. The molecular formula is C18H18BrN7S. The first kappa shape index (κ1) is 17.9. The molecule has 3 heterocycles. The van der Waals surface area contributed by atoms with Gasteiger partial charge in [0.05, 0.1) is 16.7 Å². The maximum absolute atomic E-state index is 4.55. The van der Waals surface area contributed by atoms with Gasteiger partial charge in [-0.3, -0.25) is 9.36 Å². The average Bonchev–Trinajstić information content (AvgIpc) is 3.38. The van der Waals surface area contributed by atoms with Crippen molar-refractivity contribution in [1.29, 1.82) is 0 Å². The third kappa shape index (κ3) is 4.09. The fourth-order valence-corrected chi connectivity index (χ4v) is 3.71. The smallest absolute Gasteiger partial charge is 0.211 e. The summed E-state index contributed by atoms with van der Waals surface area (Å²) in [5.41, 5.74) is 2.16. The minimum atomic E-state index is 0.0127. The molecule has 1 atom stereocenters. The van der Waals surface area contributed by atoms with E-state index in [1.807, 2.05) is 52.9 Å². The minimum Gasteiger partial charge on any atom is -0.313 e. The van der Waals surface area contributed by atoms with E-state index < -0.39 is 0 Å². The van der Waals surface area contributed by atoms with Crippen LogP contribution in [0.15, 0.2) is 53.3 Å². The minimum absolute atomic E-state index is 0.0127. The summed E-state index contributed by atoms with van der Waals surface area (Å²) in [6, 6.07) is 12.2. The Bertz CT molecular complexity index is 1020. The van der Waals surface area contributed by atoms with E-state index in [0.29, 0.717) is 5.13 Å². The van der Waals surface area contributed by atoms with Crippen LogP contribution in [0, 0.1) is 6.92 Å². The van der Waals surface area contributed by atoms with Crippen LogP contribution in [0.25, 0.3) is 0 Å². The van der Waals surface area contributed by atoms with E-state index >= 15 is 0 Å². The lowest BCUT2D eigenvalue weighted by Crippen LogP contribution is -2.07. The van der Waals surface area contributed by atoms with E-state index in [1.165, 1.54) is 16.9 Å². The van der Waals surface area contributed by atoms with E-state index in [4.69, 9.17) is 0 Å². The Balaban J connectivity index is 1.43. The van der Waals surface area contributed by atoms with Gasteiger partial charge in [-0.2, -0.15) is 10.2 Å². The summed E-state index contributed by atoms with van der Waals surface area (Å²) < 4.78 is 4.77. The highest BCUT2D eigenvalue weighted by molar-refractivity contribution is 9.10. The normalized spacial score (nSPS) is 12.3. The Morgan fingerprint density at radius 1 is 1.15 bits per heavy atom. The quantitative estimate of drug-likeness (QED) is 0.477. The van der Waals surface area contributed by atoms with Crippen molar-refractivity contribution in [2.75, 3.05) is 5.32 Å². The Hall–Kier alpha value is -2.52. The van der Waals surface area contributed by atoms with Crippen LogP contribution in [0.3, 0.4) is 0 Å². The molecule has 0 spiro atoms. The fraction of sp³-hybridized carbons (Fsp3) is 0.222. The van der Waals surface area contributed by atoms with Crippen molar-refractivity contribution in [3.63, 3.8) is 0 Å². The SMILES string of the molecule is Cc1nn([C@H](C)c2nnc(Nc3ccn(Cc4ccccc4)n3)s2)cc1Br. The van der Waals surface area contributed by atoms with Crippen LogP contribution in [0.2, 0.25) is 0 Å². The summed E-state index contributed by atoms with van der Waals surface area (Å²) in [5, 5.41) is 22.4. The highest BCUT2D eigenvalue weighted by atomic mass is 79.9. The summed E-state index contributed by atoms with van der Waals surface area (Å²) in [6.07, 6.45) is 3.91. The molecule has 3 aromatic heterocycles. The lowest BCUT2D eigenvalue weighted by molar-refractivity contribution is 0.553. The summed E-state index contributed by atoms with van der Waals surface area (Å²) in [5.74, 6) is 0.749. The highest BCUT2D eigenvalue weighted by Gasteiger charge is 2.16. The number of hydrogen-bond donors (Lipinski definition) is 1. The summed E-state index contributed by atoms with van der Waals surface area (Å²) in [7, 11) is 0. The van der Waals surface area contributed by atoms with Crippen LogP contribution in [-0.4, -0.2) is 29.8 Å². The van der Waals surface area contributed by atoms with E-state index in [0.717, 1.165) is 27.5 Å². The Kier molecular flexibility index (Phi) is 5.04. The second-order valence-corrected chi connectivity index (χ2v) is 8.04. The number of anilines is 2. The van der Waals surface area contributed by atoms with Crippen molar-refractivity contribution in [2.24, 2.45) is 0 Å². The molecule has 0 aliphatic carbocycles. The van der Waals surface area contributed by atoms with Gasteiger partial charge < -0.3 is 5.32 Å². The molecule has 0 saturated carbocycles. The van der Waals surface area contributed by atoms with E-state index in [1.54, 1.807) is 0 Å². The first-order valence-electron chi connectivity index (χ1n) is 8.47. The molecule has 9 heteroatoms. The third-order valence-corrected chi connectivity index (χ3v) is 5.90. The standard InChI is InChI=1S/C18H18BrN7S/c1-12-15(19)11-26(23-12)13(2)17-21-22-18(27-17)20-16-8-9-25(24-16)10-14-6-4-3-5-7-14/h3-9,11,13H,10H2,1-2H3,(H,20,22,24)/t13-/m1/s1. The molecule has 4 rings (SSSR count). The number of benzene rings is 1. The maximum atomic E-state index is 4.55. The summed E-state index contributed by atoms with van der Waals surface area (Å²) >= 11 is 4.99. The third-order valence-electron chi connectivity index (χ3n) is 4.11. The molecule has 0 bridgehead atoms. The maximum Gasteiger partial charge on any atom is 0.211 e. The van der Waals surface area contributed by atoms with Gasteiger partial charge in [0.1, 0.15) is 11.0 Å². The molecule has 0 saturated heterocycles. The van der Waals surface area contributed by atoms with Gasteiger partial charge in [0, 0.05) is 18.5 Å². The zero-order valence-corrected chi connectivity index (χ0v) is 17.3. The molecule has 0 amide bonds. The van der Waals surface area contributed by atoms with Crippen LogP contribution in [-0.2, 0) is 6.54 Å². The molecule has 27 heavy (non-hydrogen) atoms. The van der Waals surface area contributed by atoms with Gasteiger partial charge >= 0.3 is 0 Å². The van der Waals surface area contributed by atoms with Crippen LogP contribution >= 0.6 is 27.3 Å².